The van der Waals surface area contributed by atoms with Crippen molar-refractivity contribution >= 4 is 5.97 Å². The average Bonchev–Trinajstić information content (AvgIpc) is 3.04. The first-order valence-electron chi connectivity index (χ1n) is 14.1. The fourth-order valence-corrected chi connectivity index (χ4v) is 4.93. The number of carbonyl (C=O) groups is 1. The number of nitrogens with zero attached hydrogens (tertiary/aromatic N) is 2. The lowest BCUT2D eigenvalue weighted by Crippen LogP contribution is -2.39. The Morgan fingerprint density at radius 1 is 1.00 bits per heavy atom. The van der Waals surface area contributed by atoms with Crippen molar-refractivity contribution in [2.24, 2.45) is 0 Å². The van der Waals surface area contributed by atoms with Crippen molar-refractivity contribution in [1.82, 2.24) is 10.3 Å². The minimum atomic E-state index is -1.15. The van der Waals surface area contributed by atoms with Gasteiger partial charge in [0, 0.05) is 36.1 Å². The van der Waals surface area contributed by atoms with E-state index >= 15 is 0 Å². The third-order valence-electron chi connectivity index (χ3n) is 7.38. The standard InChI is InChI=1S/C34H33N3O7/c1-21-10-27(17-37-29(18-38)34(39)40)32(43-19-24-11-23(14-35)15-36-16-24)13-31(21)44-20-26-4-3-5-28(22(26)2)25-6-7-30-33(12-25)42-9-8-41-30/h3-7,10-13,15-16,29,37-38H,8-9,17-20H2,1-2H3,(H,39,40). The van der Waals surface area contributed by atoms with E-state index in [2.05, 4.69) is 29.4 Å². The fourth-order valence-electron chi connectivity index (χ4n) is 4.93. The number of carboxylic acid groups (broad SMARTS) is 1. The van der Waals surface area contributed by atoms with E-state index in [0.29, 0.717) is 48.0 Å². The number of nitriles is 1. The Hall–Kier alpha value is -5.11. The molecule has 5 rings (SSSR count). The number of benzene rings is 3. The molecule has 0 radical (unpaired) electrons. The van der Waals surface area contributed by atoms with E-state index in [9.17, 15) is 20.3 Å². The largest absolute Gasteiger partial charge is 0.488 e. The van der Waals surface area contributed by atoms with Gasteiger partial charge in [0.05, 0.1) is 12.2 Å². The second-order valence-corrected chi connectivity index (χ2v) is 10.4. The maximum absolute atomic E-state index is 11.4. The minimum absolute atomic E-state index is 0.136. The number of nitrogens with one attached hydrogen (secondary N) is 1. The maximum atomic E-state index is 11.4. The zero-order valence-electron chi connectivity index (χ0n) is 24.5. The second-order valence-electron chi connectivity index (χ2n) is 10.4. The number of fused-ring (bicyclic) bond motifs is 1. The molecule has 1 aliphatic rings. The summed E-state index contributed by atoms with van der Waals surface area (Å²) in [6, 6.07) is 18.3. The molecule has 0 fully saturated rings. The number of hydrogen-bond donors (Lipinski definition) is 3. The van der Waals surface area contributed by atoms with Gasteiger partial charge in [-0.1, -0.05) is 24.3 Å². The predicted octanol–water partition coefficient (Wildman–Crippen LogP) is 4.70. The van der Waals surface area contributed by atoms with Crippen LogP contribution in [0.2, 0.25) is 0 Å². The van der Waals surface area contributed by atoms with E-state index in [1.54, 1.807) is 18.3 Å². The van der Waals surface area contributed by atoms with Gasteiger partial charge in [-0.05, 0) is 65.9 Å². The molecule has 1 aromatic heterocycles. The molecular formula is C34H33N3O7. The number of hydrogen-bond acceptors (Lipinski definition) is 9. The molecule has 1 atom stereocenters. The van der Waals surface area contributed by atoms with Crippen molar-refractivity contribution in [2.45, 2.75) is 39.6 Å². The van der Waals surface area contributed by atoms with Crippen LogP contribution in [0.25, 0.3) is 11.1 Å². The van der Waals surface area contributed by atoms with Crippen molar-refractivity contribution in [3.05, 3.63) is 100 Å². The zero-order chi connectivity index (χ0) is 31.1. The Morgan fingerprint density at radius 2 is 1.80 bits per heavy atom. The van der Waals surface area contributed by atoms with Crippen LogP contribution in [0.1, 0.15) is 33.4 Å². The zero-order valence-corrected chi connectivity index (χ0v) is 24.5. The molecule has 44 heavy (non-hydrogen) atoms. The molecule has 1 unspecified atom stereocenters. The third-order valence-corrected chi connectivity index (χ3v) is 7.38. The third kappa shape index (κ3) is 7.09. The molecule has 0 bridgehead atoms. The summed E-state index contributed by atoms with van der Waals surface area (Å²) in [5, 5.41) is 30.9. The van der Waals surface area contributed by atoms with E-state index in [1.165, 1.54) is 6.20 Å². The molecule has 2 heterocycles. The quantitative estimate of drug-likeness (QED) is 0.211. The average molecular weight is 596 g/mol. The molecule has 0 saturated heterocycles. The summed E-state index contributed by atoms with van der Waals surface area (Å²) in [6.45, 7) is 5.06. The van der Waals surface area contributed by atoms with E-state index in [-0.39, 0.29) is 13.2 Å². The second kappa shape index (κ2) is 13.9. The molecule has 10 nitrogen and oxygen atoms in total. The van der Waals surface area contributed by atoms with Crippen LogP contribution in [-0.4, -0.2) is 47.0 Å². The number of carboxylic acids is 1. The van der Waals surface area contributed by atoms with Gasteiger partial charge in [-0.2, -0.15) is 5.26 Å². The first-order valence-corrected chi connectivity index (χ1v) is 14.1. The van der Waals surface area contributed by atoms with E-state index < -0.39 is 18.6 Å². The lowest BCUT2D eigenvalue weighted by molar-refractivity contribution is -0.140. The number of ether oxygens (including phenoxy) is 4. The molecule has 3 aromatic carbocycles. The highest BCUT2D eigenvalue weighted by molar-refractivity contribution is 5.73. The number of aromatic nitrogens is 1. The van der Waals surface area contributed by atoms with Gasteiger partial charge in [-0.25, -0.2) is 0 Å². The van der Waals surface area contributed by atoms with Gasteiger partial charge in [0.25, 0.3) is 0 Å². The molecule has 0 aliphatic carbocycles. The fraction of sp³-hybridized carbons (Fsp3) is 0.265. The van der Waals surface area contributed by atoms with Crippen LogP contribution in [-0.2, 0) is 24.6 Å². The number of aryl methyl sites for hydroxylation is 1. The van der Waals surface area contributed by atoms with Crippen molar-refractivity contribution in [2.75, 3.05) is 19.8 Å². The summed E-state index contributed by atoms with van der Waals surface area (Å²) in [5.74, 6) is 1.40. The number of rotatable bonds is 12. The Kier molecular flexibility index (Phi) is 9.59. The lowest BCUT2D eigenvalue weighted by atomic mass is 9.96. The highest BCUT2D eigenvalue weighted by atomic mass is 16.6. The SMILES string of the molecule is Cc1cc(CNC(CO)C(=O)O)c(OCc2cncc(C#N)c2)cc1OCc1cccc(-c2ccc3c(c2)OCCO3)c1C. The van der Waals surface area contributed by atoms with Crippen molar-refractivity contribution < 1.29 is 34.0 Å². The summed E-state index contributed by atoms with van der Waals surface area (Å²) >= 11 is 0. The van der Waals surface area contributed by atoms with Crippen LogP contribution in [0.3, 0.4) is 0 Å². The Bertz CT molecular complexity index is 1700. The van der Waals surface area contributed by atoms with Gasteiger partial charge in [0.15, 0.2) is 11.5 Å². The molecule has 1 aliphatic heterocycles. The first-order chi connectivity index (χ1) is 21.4. The number of aliphatic carboxylic acids is 1. The van der Waals surface area contributed by atoms with Crippen LogP contribution in [0.4, 0.5) is 0 Å². The van der Waals surface area contributed by atoms with Gasteiger partial charge in [-0.15, -0.1) is 0 Å². The summed E-state index contributed by atoms with van der Waals surface area (Å²) in [6.07, 6.45) is 3.09. The number of aliphatic hydroxyl groups excluding tert-OH is 1. The minimum Gasteiger partial charge on any atom is -0.488 e. The van der Waals surface area contributed by atoms with Crippen LogP contribution in [0.5, 0.6) is 23.0 Å². The highest BCUT2D eigenvalue weighted by Crippen LogP contribution is 2.36. The highest BCUT2D eigenvalue weighted by Gasteiger charge is 2.18. The predicted molar refractivity (Wildman–Crippen MR) is 162 cm³/mol. The van der Waals surface area contributed by atoms with Crippen molar-refractivity contribution in [1.29, 1.82) is 5.26 Å². The van der Waals surface area contributed by atoms with E-state index in [1.807, 2.05) is 43.3 Å². The van der Waals surface area contributed by atoms with Crippen LogP contribution in [0, 0.1) is 25.2 Å². The Morgan fingerprint density at radius 3 is 2.57 bits per heavy atom. The van der Waals surface area contributed by atoms with Crippen LogP contribution >= 0.6 is 0 Å². The maximum Gasteiger partial charge on any atom is 0.323 e. The molecular weight excluding hydrogens is 562 g/mol. The number of aliphatic hydroxyl groups is 1. The normalized spacial score (nSPS) is 12.7. The monoisotopic (exact) mass is 595 g/mol. The van der Waals surface area contributed by atoms with Gasteiger partial charge in [0.1, 0.15) is 50.0 Å². The summed E-state index contributed by atoms with van der Waals surface area (Å²) in [4.78, 5) is 15.5. The summed E-state index contributed by atoms with van der Waals surface area (Å²) in [7, 11) is 0. The lowest BCUT2D eigenvalue weighted by Gasteiger charge is -2.20. The van der Waals surface area contributed by atoms with Gasteiger partial charge in [-0.3, -0.25) is 15.1 Å². The van der Waals surface area contributed by atoms with Gasteiger partial charge in [0.2, 0.25) is 0 Å². The number of pyridine rings is 1. The summed E-state index contributed by atoms with van der Waals surface area (Å²) in [5.41, 5.74) is 6.82. The molecule has 0 spiro atoms. The van der Waals surface area contributed by atoms with Crippen molar-refractivity contribution in [3.63, 3.8) is 0 Å². The topological polar surface area (TPSA) is 143 Å². The summed E-state index contributed by atoms with van der Waals surface area (Å²) < 4.78 is 23.9. The van der Waals surface area contributed by atoms with Crippen LogP contribution < -0.4 is 24.3 Å². The molecule has 0 amide bonds. The van der Waals surface area contributed by atoms with Crippen molar-refractivity contribution in [3.8, 4) is 40.2 Å². The molecule has 4 aromatic rings. The molecule has 10 heteroatoms. The van der Waals surface area contributed by atoms with Crippen LogP contribution in [0.15, 0.2) is 67.0 Å². The smallest absolute Gasteiger partial charge is 0.323 e. The van der Waals surface area contributed by atoms with Gasteiger partial charge >= 0.3 is 5.97 Å². The Labute approximate surface area is 255 Å². The van der Waals surface area contributed by atoms with E-state index in [4.69, 9.17) is 18.9 Å². The first kappa shape index (κ1) is 30.4. The molecule has 226 valence electrons. The van der Waals surface area contributed by atoms with E-state index in [0.717, 1.165) is 39.3 Å². The Balaban J connectivity index is 1.37. The van der Waals surface area contributed by atoms with Gasteiger partial charge < -0.3 is 29.2 Å². The molecule has 3 N–H and O–H groups in total. The molecule has 0 saturated carbocycles.